The van der Waals surface area contributed by atoms with Gasteiger partial charge in [0.2, 0.25) is 5.91 Å². The second kappa shape index (κ2) is 9.98. The molecule has 0 aromatic heterocycles. The zero-order valence-corrected chi connectivity index (χ0v) is 15.6. The van der Waals surface area contributed by atoms with Gasteiger partial charge in [-0.15, -0.1) is 0 Å². The summed E-state index contributed by atoms with van der Waals surface area (Å²) in [5, 5.41) is 5.20. The van der Waals surface area contributed by atoms with Crippen LogP contribution >= 0.6 is 11.6 Å². The first-order valence-corrected chi connectivity index (χ1v) is 8.71. The number of rotatable bonds is 8. The molecule has 2 N–H and O–H groups in total. The van der Waals surface area contributed by atoms with E-state index in [0.717, 1.165) is 12.1 Å². The molecule has 2 amide bonds. The lowest BCUT2D eigenvalue weighted by molar-refractivity contribution is -0.121. The predicted molar refractivity (Wildman–Crippen MR) is 98.0 cm³/mol. The molecule has 9 heteroatoms. The first-order chi connectivity index (χ1) is 13.3. The highest BCUT2D eigenvalue weighted by Gasteiger charge is 2.14. The van der Waals surface area contributed by atoms with Crippen LogP contribution in [0.1, 0.15) is 35.3 Å². The quantitative estimate of drug-likeness (QED) is 0.684. The van der Waals surface area contributed by atoms with E-state index in [9.17, 15) is 22.8 Å². The lowest BCUT2D eigenvalue weighted by Gasteiger charge is -2.16. The maximum atomic E-state index is 13.0. The maximum absolute atomic E-state index is 13.0. The van der Waals surface area contributed by atoms with Crippen LogP contribution in [0, 0.1) is 5.82 Å². The van der Waals surface area contributed by atoms with Gasteiger partial charge in [-0.05, 0) is 42.8 Å². The number of halogens is 4. The van der Waals surface area contributed by atoms with Gasteiger partial charge >= 0.3 is 6.61 Å². The molecule has 0 radical (unpaired) electrons. The van der Waals surface area contributed by atoms with Crippen molar-refractivity contribution in [2.75, 3.05) is 6.54 Å². The minimum Gasteiger partial charge on any atom is -0.435 e. The molecular weight excluding hydrogens is 397 g/mol. The van der Waals surface area contributed by atoms with Crippen molar-refractivity contribution in [1.29, 1.82) is 0 Å². The second-order valence-corrected chi connectivity index (χ2v) is 6.28. The normalized spacial score (nSPS) is 11.8. The van der Waals surface area contributed by atoms with Crippen molar-refractivity contribution in [1.82, 2.24) is 10.6 Å². The third-order valence-corrected chi connectivity index (χ3v) is 4.09. The second-order valence-electron chi connectivity index (χ2n) is 5.87. The van der Waals surface area contributed by atoms with E-state index in [0.29, 0.717) is 5.56 Å². The first kappa shape index (κ1) is 21.6. The molecular formula is C19H18ClF3N2O3. The van der Waals surface area contributed by atoms with Gasteiger partial charge in [-0.3, -0.25) is 9.59 Å². The number of ether oxygens (including phenoxy) is 1. The summed E-state index contributed by atoms with van der Waals surface area (Å²) in [5.41, 5.74) is 0.696. The van der Waals surface area contributed by atoms with Crippen molar-refractivity contribution >= 4 is 23.4 Å². The number of carbonyl (C=O) groups excluding carboxylic acids is 2. The average Bonchev–Trinajstić information content (AvgIpc) is 2.61. The number of hydrogen-bond acceptors (Lipinski definition) is 3. The third-order valence-electron chi connectivity index (χ3n) is 3.77. The lowest BCUT2D eigenvalue weighted by Crippen LogP contribution is -2.32. The molecule has 0 heterocycles. The summed E-state index contributed by atoms with van der Waals surface area (Å²) in [4.78, 5) is 24.0. The SMILES string of the molecule is CC(NC(=O)CCNC(=O)c1ccc(F)cc1Cl)c1cccc(OC(F)F)c1. The molecule has 150 valence electrons. The summed E-state index contributed by atoms with van der Waals surface area (Å²) < 4.78 is 41.9. The molecule has 2 aromatic carbocycles. The summed E-state index contributed by atoms with van der Waals surface area (Å²) in [5.74, 6) is -1.43. The van der Waals surface area contributed by atoms with Crippen LogP contribution in [-0.2, 0) is 4.79 Å². The van der Waals surface area contributed by atoms with Crippen molar-refractivity contribution < 1.29 is 27.5 Å². The van der Waals surface area contributed by atoms with E-state index in [1.54, 1.807) is 19.1 Å². The first-order valence-electron chi connectivity index (χ1n) is 8.33. The van der Waals surface area contributed by atoms with Gasteiger partial charge in [0.25, 0.3) is 5.91 Å². The molecule has 2 aromatic rings. The molecule has 1 atom stereocenters. The Labute approximate surface area is 164 Å². The fourth-order valence-electron chi connectivity index (χ4n) is 2.42. The fourth-order valence-corrected chi connectivity index (χ4v) is 2.67. The molecule has 0 fully saturated rings. The van der Waals surface area contributed by atoms with Gasteiger partial charge in [0.05, 0.1) is 16.6 Å². The van der Waals surface area contributed by atoms with Crippen molar-refractivity contribution in [3.8, 4) is 5.75 Å². The van der Waals surface area contributed by atoms with E-state index in [4.69, 9.17) is 11.6 Å². The van der Waals surface area contributed by atoms with Crippen LogP contribution in [0.5, 0.6) is 5.75 Å². The predicted octanol–water partition coefficient (Wildman–Crippen LogP) is 4.08. The van der Waals surface area contributed by atoms with E-state index >= 15 is 0 Å². The number of benzene rings is 2. The Kier molecular flexibility index (Phi) is 7.69. The van der Waals surface area contributed by atoms with Crippen LogP contribution in [0.2, 0.25) is 5.02 Å². The summed E-state index contributed by atoms with van der Waals surface area (Å²) >= 11 is 5.81. The average molecular weight is 415 g/mol. The highest BCUT2D eigenvalue weighted by molar-refractivity contribution is 6.33. The van der Waals surface area contributed by atoms with Crippen LogP contribution in [0.4, 0.5) is 13.2 Å². The topological polar surface area (TPSA) is 67.4 Å². The molecule has 2 rings (SSSR count). The molecule has 0 saturated heterocycles. The van der Waals surface area contributed by atoms with Gasteiger partial charge in [0.1, 0.15) is 11.6 Å². The standard InChI is InChI=1S/C19H18ClF3N2O3/c1-11(12-3-2-4-14(9-12)28-19(22)23)25-17(26)7-8-24-18(27)15-6-5-13(21)10-16(15)20/h2-6,9-11,19H,7-8H2,1H3,(H,24,27)(H,25,26). The summed E-state index contributed by atoms with van der Waals surface area (Å²) in [6.45, 7) is -1.20. The van der Waals surface area contributed by atoms with E-state index in [1.165, 1.54) is 18.2 Å². The molecule has 0 aliphatic carbocycles. The van der Waals surface area contributed by atoms with Gasteiger partial charge in [-0.1, -0.05) is 23.7 Å². The largest absolute Gasteiger partial charge is 0.435 e. The van der Waals surface area contributed by atoms with E-state index in [-0.39, 0.29) is 35.2 Å². The number of carbonyl (C=O) groups is 2. The Bertz CT molecular complexity index is 849. The molecule has 0 spiro atoms. The van der Waals surface area contributed by atoms with Crippen LogP contribution in [0.25, 0.3) is 0 Å². The van der Waals surface area contributed by atoms with Gasteiger partial charge in [-0.25, -0.2) is 4.39 Å². The number of amides is 2. The minimum absolute atomic E-state index is 0.00274. The molecule has 0 aliphatic heterocycles. The molecule has 0 saturated carbocycles. The minimum atomic E-state index is -2.93. The zero-order chi connectivity index (χ0) is 20.7. The Balaban J connectivity index is 1.82. The highest BCUT2D eigenvalue weighted by Crippen LogP contribution is 2.21. The van der Waals surface area contributed by atoms with Gasteiger partial charge in [-0.2, -0.15) is 8.78 Å². The van der Waals surface area contributed by atoms with E-state index < -0.39 is 24.4 Å². The molecule has 1 unspecified atom stereocenters. The Morgan fingerprint density at radius 2 is 1.93 bits per heavy atom. The molecule has 5 nitrogen and oxygen atoms in total. The van der Waals surface area contributed by atoms with Crippen molar-refractivity contribution in [2.45, 2.75) is 26.0 Å². The summed E-state index contributed by atoms with van der Waals surface area (Å²) in [6, 6.07) is 8.96. The van der Waals surface area contributed by atoms with Crippen LogP contribution in [0.15, 0.2) is 42.5 Å². The number of nitrogens with one attached hydrogen (secondary N) is 2. The third kappa shape index (κ3) is 6.45. The Morgan fingerprint density at radius 1 is 1.18 bits per heavy atom. The van der Waals surface area contributed by atoms with Crippen molar-refractivity contribution in [2.24, 2.45) is 0 Å². The fraction of sp³-hybridized carbons (Fsp3) is 0.263. The van der Waals surface area contributed by atoms with E-state index in [1.807, 2.05) is 0 Å². The summed E-state index contributed by atoms with van der Waals surface area (Å²) in [6.07, 6.45) is -0.0118. The van der Waals surface area contributed by atoms with Gasteiger partial charge in [0, 0.05) is 13.0 Å². The monoisotopic (exact) mass is 414 g/mol. The Hall–Kier alpha value is -2.74. The van der Waals surface area contributed by atoms with Crippen LogP contribution in [-0.4, -0.2) is 25.0 Å². The van der Waals surface area contributed by atoms with Crippen LogP contribution in [0.3, 0.4) is 0 Å². The smallest absolute Gasteiger partial charge is 0.387 e. The van der Waals surface area contributed by atoms with E-state index in [2.05, 4.69) is 15.4 Å². The van der Waals surface area contributed by atoms with Crippen LogP contribution < -0.4 is 15.4 Å². The Morgan fingerprint density at radius 3 is 2.61 bits per heavy atom. The molecule has 0 bridgehead atoms. The number of alkyl halides is 2. The zero-order valence-electron chi connectivity index (χ0n) is 14.8. The molecule has 0 aliphatic rings. The van der Waals surface area contributed by atoms with Gasteiger partial charge in [0.15, 0.2) is 0 Å². The molecule has 28 heavy (non-hydrogen) atoms. The van der Waals surface area contributed by atoms with Gasteiger partial charge < -0.3 is 15.4 Å². The van der Waals surface area contributed by atoms with Crippen molar-refractivity contribution in [3.63, 3.8) is 0 Å². The van der Waals surface area contributed by atoms with Crippen molar-refractivity contribution in [3.05, 3.63) is 64.4 Å². The number of hydrogen-bond donors (Lipinski definition) is 2. The summed E-state index contributed by atoms with van der Waals surface area (Å²) in [7, 11) is 0. The maximum Gasteiger partial charge on any atom is 0.387 e. The highest BCUT2D eigenvalue weighted by atomic mass is 35.5. The lowest BCUT2D eigenvalue weighted by atomic mass is 10.1.